The fourth-order valence-electron chi connectivity index (χ4n) is 2.96. The van der Waals surface area contributed by atoms with Gasteiger partial charge in [0.15, 0.2) is 5.78 Å². The predicted molar refractivity (Wildman–Crippen MR) is 81.2 cm³/mol. The van der Waals surface area contributed by atoms with E-state index < -0.39 is 0 Å². The van der Waals surface area contributed by atoms with Gasteiger partial charge in [-0.3, -0.25) is 9.69 Å². The van der Waals surface area contributed by atoms with Crippen LogP contribution in [0.3, 0.4) is 0 Å². The number of likely N-dealkylation sites (tertiary alicyclic amines) is 1. The molecule has 2 rings (SSSR count). The molecule has 1 aromatic carbocycles. The van der Waals surface area contributed by atoms with E-state index in [2.05, 4.69) is 4.90 Å². The Bertz CT molecular complexity index is 470. The highest BCUT2D eigenvalue weighted by molar-refractivity contribution is 5.99. The van der Waals surface area contributed by atoms with Crippen molar-refractivity contribution in [3.8, 4) is 0 Å². The molecule has 1 aliphatic heterocycles. The van der Waals surface area contributed by atoms with Crippen LogP contribution in [0.4, 0.5) is 0 Å². The first-order valence-corrected chi connectivity index (χ1v) is 7.57. The highest BCUT2D eigenvalue weighted by Crippen LogP contribution is 2.18. The van der Waals surface area contributed by atoms with Gasteiger partial charge >= 0.3 is 0 Å². The number of carbonyl (C=O) groups excluding carboxylic acids is 1. The summed E-state index contributed by atoms with van der Waals surface area (Å²) in [5, 5.41) is 9.52. The molecule has 0 radical (unpaired) electrons. The second-order valence-corrected chi connectivity index (χ2v) is 5.90. The Morgan fingerprint density at radius 2 is 2.10 bits per heavy atom. The monoisotopic (exact) mass is 275 g/mol. The standard InChI is InChI=1S/C17H25NO2/c1-13-7-8-14(2)16(10-13)17(20)11-18-9-5-3-4-6-15(18)12-19/h7-8,10,15,19H,3-6,9,11-12H2,1-2H3. The van der Waals surface area contributed by atoms with Crippen molar-refractivity contribution in [3.63, 3.8) is 0 Å². The van der Waals surface area contributed by atoms with Crippen LogP contribution in [0.1, 0.15) is 47.2 Å². The minimum atomic E-state index is 0.145. The highest BCUT2D eigenvalue weighted by atomic mass is 16.3. The number of rotatable bonds is 4. The summed E-state index contributed by atoms with van der Waals surface area (Å²) in [6.45, 7) is 5.49. The molecular weight excluding hydrogens is 250 g/mol. The van der Waals surface area contributed by atoms with Gasteiger partial charge in [0.25, 0.3) is 0 Å². The molecule has 0 saturated carbocycles. The average molecular weight is 275 g/mol. The number of ketones is 1. The smallest absolute Gasteiger partial charge is 0.177 e. The van der Waals surface area contributed by atoms with E-state index in [1.807, 2.05) is 32.0 Å². The van der Waals surface area contributed by atoms with Crippen molar-refractivity contribution in [2.45, 2.75) is 45.6 Å². The SMILES string of the molecule is Cc1ccc(C)c(C(=O)CN2CCCCCC2CO)c1. The minimum absolute atomic E-state index is 0.145. The lowest BCUT2D eigenvalue weighted by molar-refractivity contribution is 0.0825. The summed E-state index contributed by atoms with van der Waals surface area (Å²) in [4.78, 5) is 14.7. The molecule has 20 heavy (non-hydrogen) atoms. The van der Waals surface area contributed by atoms with Crippen molar-refractivity contribution in [3.05, 3.63) is 34.9 Å². The first kappa shape index (κ1) is 15.2. The lowest BCUT2D eigenvalue weighted by Crippen LogP contribution is -2.41. The average Bonchev–Trinajstić information content (AvgIpc) is 2.66. The third-order valence-electron chi connectivity index (χ3n) is 4.25. The third kappa shape index (κ3) is 3.68. The van der Waals surface area contributed by atoms with Gasteiger partial charge in [0.05, 0.1) is 13.2 Å². The first-order chi connectivity index (χ1) is 9.61. The predicted octanol–water partition coefficient (Wildman–Crippen LogP) is 2.72. The molecule has 3 heteroatoms. The van der Waals surface area contributed by atoms with E-state index in [0.29, 0.717) is 6.54 Å². The van der Waals surface area contributed by atoms with E-state index in [4.69, 9.17) is 0 Å². The maximum atomic E-state index is 12.5. The van der Waals surface area contributed by atoms with Gasteiger partial charge in [0.2, 0.25) is 0 Å². The van der Waals surface area contributed by atoms with E-state index in [-0.39, 0.29) is 18.4 Å². The summed E-state index contributed by atoms with van der Waals surface area (Å²) >= 11 is 0. The largest absolute Gasteiger partial charge is 0.395 e. The second kappa shape index (κ2) is 7.00. The van der Waals surface area contributed by atoms with E-state index in [0.717, 1.165) is 42.5 Å². The summed E-state index contributed by atoms with van der Waals surface area (Å²) < 4.78 is 0. The lowest BCUT2D eigenvalue weighted by Gasteiger charge is -2.27. The summed E-state index contributed by atoms with van der Waals surface area (Å²) in [6.07, 6.45) is 4.47. The fraction of sp³-hybridized carbons (Fsp3) is 0.588. The van der Waals surface area contributed by atoms with Crippen molar-refractivity contribution in [2.24, 2.45) is 0 Å². The molecule has 0 bridgehead atoms. The molecule has 0 amide bonds. The number of nitrogens with zero attached hydrogens (tertiary/aromatic N) is 1. The van der Waals surface area contributed by atoms with Gasteiger partial charge in [-0.15, -0.1) is 0 Å². The summed E-state index contributed by atoms with van der Waals surface area (Å²) in [6, 6.07) is 6.17. The van der Waals surface area contributed by atoms with E-state index in [1.165, 1.54) is 6.42 Å². The van der Waals surface area contributed by atoms with Gasteiger partial charge in [-0.25, -0.2) is 0 Å². The van der Waals surface area contributed by atoms with Crippen LogP contribution in [-0.2, 0) is 0 Å². The van der Waals surface area contributed by atoms with Crippen molar-refractivity contribution in [1.29, 1.82) is 0 Å². The molecule has 3 nitrogen and oxygen atoms in total. The van der Waals surface area contributed by atoms with Gasteiger partial charge < -0.3 is 5.11 Å². The van der Waals surface area contributed by atoms with E-state index in [9.17, 15) is 9.90 Å². The number of benzene rings is 1. The topological polar surface area (TPSA) is 40.5 Å². The van der Waals surface area contributed by atoms with Crippen LogP contribution in [-0.4, -0.2) is 41.5 Å². The van der Waals surface area contributed by atoms with Gasteiger partial charge in [0.1, 0.15) is 0 Å². The van der Waals surface area contributed by atoms with Crippen molar-refractivity contribution in [2.75, 3.05) is 19.7 Å². The Morgan fingerprint density at radius 1 is 1.30 bits per heavy atom. The van der Waals surface area contributed by atoms with Crippen molar-refractivity contribution < 1.29 is 9.90 Å². The number of hydrogen-bond acceptors (Lipinski definition) is 3. The zero-order valence-electron chi connectivity index (χ0n) is 12.6. The Hall–Kier alpha value is -1.19. The summed E-state index contributed by atoms with van der Waals surface area (Å²) in [5.74, 6) is 0.173. The molecule has 1 saturated heterocycles. The van der Waals surface area contributed by atoms with Gasteiger partial charge in [-0.05, 0) is 44.9 Å². The maximum Gasteiger partial charge on any atom is 0.177 e. The molecule has 0 aromatic heterocycles. The van der Waals surface area contributed by atoms with Crippen LogP contribution in [0.2, 0.25) is 0 Å². The Morgan fingerprint density at radius 3 is 2.85 bits per heavy atom. The molecule has 0 spiro atoms. The number of aryl methyl sites for hydroxylation is 2. The number of hydrogen-bond donors (Lipinski definition) is 1. The minimum Gasteiger partial charge on any atom is -0.395 e. The van der Waals surface area contributed by atoms with Crippen LogP contribution in [0.25, 0.3) is 0 Å². The van der Waals surface area contributed by atoms with Crippen LogP contribution in [0, 0.1) is 13.8 Å². The van der Waals surface area contributed by atoms with Crippen molar-refractivity contribution >= 4 is 5.78 Å². The van der Waals surface area contributed by atoms with Gasteiger partial charge in [-0.1, -0.05) is 30.5 Å². The van der Waals surface area contributed by atoms with Crippen LogP contribution < -0.4 is 0 Å². The number of Topliss-reactive ketones (excluding diaryl/α,β-unsaturated/α-hetero) is 1. The summed E-state index contributed by atoms with van der Waals surface area (Å²) in [5.41, 5.74) is 2.98. The summed E-state index contributed by atoms with van der Waals surface area (Å²) in [7, 11) is 0. The second-order valence-electron chi connectivity index (χ2n) is 5.90. The van der Waals surface area contributed by atoms with Gasteiger partial charge in [-0.2, -0.15) is 0 Å². The quantitative estimate of drug-likeness (QED) is 0.859. The molecule has 1 aromatic rings. The molecule has 1 heterocycles. The Balaban J connectivity index is 2.11. The molecule has 0 aliphatic carbocycles. The number of aliphatic hydroxyl groups excluding tert-OH is 1. The number of carbonyl (C=O) groups is 1. The third-order valence-corrected chi connectivity index (χ3v) is 4.25. The lowest BCUT2D eigenvalue weighted by atomic mass is 10.0. The van der Waals surface area contributed by atoms with Crippen LogP contribution in [0.5, 0.6) is 0 Å². The number of aliphatic hydroxyl groups is 1. The molecule has 110 valence electrons. The fourth-order valence-corrected chi connectivity index (χ4v) is 2.96. The first-order valence-electron chi connectivity index (χ1n) is 7.57. The molecule has 1 fully saturated rings. The molecule has 1 atom stereocenters. The Labute approximate surface area is 121 Å². The zero-order valence-corrected chi connectivity index (χ0v) is 12.6. The molecular formula is C17H25NO2. The zero-order chi connectivity index (χ0) is 14.5. The Kier molecular flexibility index (Phi) is 5.32. The molecule has 1 unspecified atom stereocenters. The van der Waals surface area contributed by atoms with E-state index in [1.54, 1.807) is 0 Å². The van der Waals surface area contributed by atoms with E-state index >= 15 is 0 Å². The molecule has 1 aliphatic rings. The van der Waals surface area contributed by atoms with Crippen LogP contribution in [0.15, 0.2) is 18.2 Å². The highest BCUT2D eigenvalue weighted by Gasteiger charge is 2.23. The normalized spacial score (nSPS) is 20.6. The maximum absolute atomic E-state index is 12.5. The molecule has 1 N–H and O–H groups in total. The van der Waals surface area contributed by atoms with Crippen molar-refractivity contribution in [1.82, 2.24) is 4.90 Å². The van der Waals surface area contributed by atoms with Gasteiger partial charge in [0, 0.05) is 11.6 Å². The van der Waals surface area contributed by atoms with Crippen LogP contribution >= 0.6 is 0 Å².